The molecule has 0 aliphatic carbocycles. The molecule has 0 aliphatic rings. The first kappa shape index (κ1) is 9.44. The fourth-order valence-corrected chi connectivity index (χ4v) is 0.772. The molecule has 0 bridgehead atoms. The molecule has 1 unspecified atom stereocenters. The molecule has 0 aromatic carbocycles. The Morgan fingerprint density at radius 2 is 2.20 bits per heavy atom. The number of hydrogen-bond donors (Lipinski definition) is 1. The maximum Gasteiger partial charge on any atom is 0.0281 e. The lowest BCUT2D eigenvalue weighted by Gasteiger charge is -2.10. The van der Waals surface area contributed by atoms with Crippen molar-refractivity contribution in [2.45, 2.75) is 25.8 Å². The van der Waals surface area contributed by atoms with Crippen LogP contribution in [0.1, 0.15) is 19.8 Å². The molecule has 0 aliphatic heterocycles. The molecule has 0 aromatic rings. The third-order valence-electron chi connectivity index (χ3n) is 1.36. The van der Waals surface area contributed by atoms with Gasteiger partial charge in [0.15, 0.2) is 0 Å². The maximum absolute atomic E-state index is 3.72. The number of nitrogens with one attached hydrogen (secondary N) is 1. The van der Waals surface area contributed by atoms with Gasteiger partial charge in [0.25, 0.3) is 0 Å². The zero-order valence-electron chi connectivity index (χ0n) is 6.77. The predicted octanol–water partition coefficient (Wildman–Crippen LogP) is 2.12. The van der Waals surface area contributed by atoms with Crippen LogP contribution in [-0.2, 0) is 0 Å². The Morgan fingerprint density at radius 3 is 2.60 bits per heavy atom. The first-order chi connectivity index (χ1) is 4.85. The number of rotatable bonds is 6. The van der Waals surface area contributed by atoms with E-state index >= 15 is 0 Å². The van der Waals surface area contributed by atoms with Crippen molar-refractivity contribution >= 4 is 0 Å². The van der Waals surface area contributed by atoms with Crippen molar-refractivity contribution in [1.82, 2.24) is 5.32 Å². The maximum atomic E-state index is 3.72. The lowest BCUT2D eigenvalue weighted by Crippen LogP contribution is -2.26. The molecule has 1 atom stereocenters. The van der Waals surface area contributed by atoms with E-state index in [-0.39, 0.29) is 0 Å². The van der Waals surface area contributed by atoms with Gasteiger partial charge in [-0.05, 0) is 19.4 Å². The van der Waals surface area contributed by atoms with Crippen LogP contribution in [0.4, 0.5) is 0 Å². The van der Waals surface area contributed by atoms with E-state index in [9.17, 15) is 0 Å². The molecule has 0 heterocycles. The number of hydrogen-bond acceptors (Lipinski definition) is 1. The molecule has 1 N–H and O–H groups in total. The van der Waals surface area contributed by atoms with Crippen molar-refractivity contribution in [3.63, 3.8) is 0 Å². The fourth-order valence-electron chi connectivity index (χ4n) is 0.772. The van der Waals surface area contributed by atoms with Crippen molar-refractivity contribution in [3.05, 3.63) is 25.3 Å². The van der Waals surface area contributed by atoms with E-state index in [0.29, 0.717) is 6.04 Å². The molecule has 0 aromatic heterocycles. The van der Waals surface area contributed by atoms with Crippen LogP contribution in [0.15, 0.2) is 25.3 Å². The molecule has 0 spiro atoms. The van der Waals surface area contributed by atoms with Crippen LogP contribution in [0.5, 0.6) is 0 Å². The summed E-state index contributed by atoms with van der Waals surface area (Å²) in [5.74, 6) is 0. The normalized spacial score (nSPS) is 12.5. The molecule has 0 fully saturated rings. The van der Waals surface area contributed by atoms with Gasteiger partial charge in [-0.3, -0.25) is 0 Å². The van der Waals surface area contributed by atoms with Gasteiger partial charge < -0.3 is 5.32 Å². The van der Waals surface area contributed by atoms with Crippen LogP contribution < -0.4 is 5.32 Å². The highest BCUT2D eigenvalue weighted by Crippen LogP contribution is 1.92. The molecule has 0 saturated heterocycles. The highest BCUT2D eigenvalue weighted by atomic mass is 14.9. The lowest BCUT2D eigenvalue weighted by molar-refractivity contribution is 0.593. The van der Waals surface area contributed by atoms with Gasteiger partial charge in [0, 0.05) is 6.04 Å². The molecule has 1 heteroatoms. The Hall–Kier alpha value is -0.560. The molecule has 0 saturated carbocycles. The van der Waals surface area contributed by atoms with E-state index in [2.05, 4.69) is 25.4 Å². The van der Waals surface area contributed by atoms with Crippen LogP contribution in [0, 0.1) is 0 Å². The van der Waals surface area contributed by atoms with Crippen LogP contribution in [-0.4, -0.2) is 12.6 Å². The summed E-state index contributed by atoms with van der Waals surface area (Å²) in [6.45, 7) is 10.6. The summed E-state index contributed by atoms with van der Waals surface area (Å²) in [6, 6.07) is 0.414. The fraction of sp³-hybridized carbons (Fsp3) is 0.556. The van der Waals surface area contributed by atoms with Gasteiger partial charge in [-0.2, -0.15) is 0 Å². The van der Waals surface area contributed by atoms with Crippen molar-refractivity contribution in [1.29, 1.82) is 0 Å². The highest BCUT2D eigenvalue weighted by Gasteiger charge is 1.96. The highest BCUT2D eigenvalue weighted by molar-refractivity contribution is 4.90. The molecular formula is C9H17N. The van der Waals surface area contributed by atoms with Gasteiger partial charge in [0.2, 0.25) is 0 Å². The third-order valence-corrected chi connectivity index (χ3v) is 1.36. The minimum atomic E-state index is 0.414. The second-order valence-electron chi connectivity index (χ2n) is 2.32. The zero-order valence-corrected chi connectivity index (χ0v) is 6.77. The average molecular weight is 139 g/mol. The van der Waals surface area contributed by atoms with Crippen LogP contribution in [0.2, 0.25) is 0 Å². The smallest absolute Gasteiger partial charge is 0.0281 e. The first-order valence-corrected chi connectivity index (χ1v) is 3.82. The zero-order chi connectivity index (χ0) is 7.82. The second kappa shape index (κ2) is 6.56. The Labute approximate surface area is 63.8 Å². The Morgan fingerprint density at radius 1 is 1.50 bits per heavy atom. The summed E-state index contributed by atoms with van der Waals surface area (Å²) in [5.41, 5.74) is 0. The van der Waals surface area contributed by atoms with Crippen LogP contribution in [0.3, 0.4) is 0 Å². The summed E-state index contributed by atoms with van der Waals surface area (Å²) in [7, 11) is 0. The molecule has 0 rings (SSSR count). The topological polar surface area (TPSA) is 12.0 Å². The summed E-state index contributed by atoms with van der Waals surface area (Å²) >= 11 is 0. The predicted molar refractivity (Wildman–Crippen MR) is 47.1 cm³/mol. The van der Waals surface area contributed by atoms with Gasteiger partial charge in [0.1, 0.15) is 0 Å². The van der Waals surface area contributed by atoms with E-state index in [4.69, 9.17) is 0 Å². The van der Waals surface area contributed by atoms with Crippen molar-refractivity contribution in [2.75, 3.05) is 6.54 Å². The SMILES string of the molecule is C=CCC(C=C)NCCC. The minimum absolute atomic E-state index is 0.414. The Balaban J connectivity index is 3.38. The summed E-state index contributed by atoms with van der Waals surface area (Å²) in [4.78, 5) is 0. The first-order valence-electron chi connectivity index (χ1n) is 3.82. The summed E-state index contributed by atoms with van der Waals surface area (Å²) in [6.07, 6.45) is 5.98. The summed E-state index contributed by atoms with van der Waals surface area (Å²) < 4.78 is 0. The molecule has 58 valence electrons. The largest absolute Gasteiger partial charge is 0.310 e. The summed E-state index contributed by atoms with van der Waals surface area (Å²) in [5, 5.41) is 3.33. The van der Waals surface area contributed by atoms with Crippen molar-refractivity contribution < 1.29 is 0 Å². The van der Waals surface area contributed by atoms with E-state index in [1.165, 1.54) is 6.42 Å². The Bertz CT molecular complexity index is 96.9. The quantitative estimate of drug-likeness (QED) is 0.556. The second-order valence-corrected chi connectivity index (χ2v) is 2.32. The average Bonchev–Trinajstić information content (AvgIpc) is 1.98. The van der Waals surface area contributed by atoms with Gasteiger partial charge in [-0.25, -0.2) is 0 Å². The molecule has 1 nitrogen and oxygen atoms in total. The molecular weight excluding hydrogens is 122 g/mol. The third kappa shape index (κ3) is 4.33. The molecule has 0 amide bonds. The minimum Gasteiger partial charge on any atom is -0.310 e. The molecule has 10 heavy (non-hydrogen) atoms. The molecule has 0 radical (unpaired) electrons. The van der Waals surface area contributed by atoms with E-state index in [1.54, 1.807) is 0 Å². The van der Waals surface area contributed by atoms with E-state index < -0.39 is 0 Å². The van der Waals surface area contributed by atoms with Crippen LogP contribution in [0.25, 0.3) is 0 Å². The van der Waals surface area contributed by atoms with Gasteiger partial charge in [-0.15, -0.1) is 13.2 Å². The lowest BCUT2D eigenvalue weighted by atomic mass is 10.2. The standard InChI is InChI=1S/C9H17N/c1-4-7-9(6-3)10-8-5-2/h4,6,9-10H,1,3,5,7-8H2,2H3. The van der Waals surface area contributed by atoms with E-state index in [1.807, 2.05) is 12.2 Å². The monoisotopic (exact) mass is 139 g/mol. The van der Waals surface area contributed by atoms with Gasteiger partial charge in [-0.1, -0.05) is 19.1 Å². The van der Waals surface area contributed by atoms with Gasteiger partial charge in [0.05, 0.1) is 0 Å². The van der Waals surface area contributed by atoms with E-state index in [0.717, 1.165) is 13.0 Å². The van der Waals surface area contributed by atoms with Crippen molar-refractivity contribution in [3.8, 4) is 0 Å². The Kier molecular flexibility index (Phi) is 6.19. The van der Waals surface area contributed by atoms with Crippen LogP contribution >= 0.6 is 0 Å². The van der Waals surface area contributed by atoms with Crippen molar-refractivity contribution in [2.24, 2.45) is 0 Å². The van der Waals surface area contributed by atoms with Gasteiger partial charge >= 0.3 is 0 Å².